The fourth-order valence-electron chi connectivity index (χ4n) is 1.53. The molecule has 5 heteroatoms. The van der Waals surface area contributed by atoms with Crippen molar-refractivity contribution in [2.75, 3.05) is 5.32 Å². The van der Waals surface area contributed by atoms with Crippen LogP contribution >= 0.6 is 0 Å². The van der Waals surface area contributed by atoms with Gasteiger partial charge in [-0.25, -0.2) is 0 Å². The topological polar surface area (TPSA) is 82.0 Å². The van der Waals surface area contributed by atoms with E-state index in [9.17, 15) is 9.59 Å². The van der Waals surface area contributed by atoms with Gasteiger partial charge < -0.3 is 10.6 Å². The van der Waals surface area contributed by atoms with E-state index in [1.165, 1.54) is 6.08 Å². The van der Waals surface area contributed by atoms with Gasteiger partial charge in [-0.1, -0.05) is 17.7 Å². The average Bonchev–Trinajstić information content (AvgIpc) is 2.36. The van der Waals surface area contributed by atoms with Crippen LogP contribution in [0.25, 0.3) is 0 Å². The molecule has 0 aliphatic rings. The predicted octanol–water partition coefficient (Wildman–Crippen LogP) is 2.12. The largest absolute Gasteiger partial charge is 0.351 e. The lowest BCUT2D eigenvalue weighted by Gasteiger charge is -2.07. The van der Waals surface area contributed by atoms with Gasteiger partial charge in [0.25, 0.3) is 0 Å². The smallest absolute Gasteiger partial charge is 0.248 e. The molecule has 20 heavy (non-hydrogen) atoms. The van der Waals surface area contributed by atoms with E-state index in [-0.39, 0.29) is 18.2 Å². The van der Waals surface area contributed by atoms with Crippen molar-refractivity contribution in [3.8, 4) is 6.07 Å². The second kappa shape index (κ2) is 7.74. The number of hydrogen-bond donors (Lipinski definition) is 2. The lowest BCUT2D eigenvalue weighted by molar-refractivity contribution is -0.120. The summed E-state index contributed by atoms with van der Waals surface area (Å²) in [7, 11) is 0. The van der Waals surface area contributed by atoms with Gasteiger partial charge in [0.1, 0.15) is 6.42 Å². The highest BCUT2D eigenvalue weighted by atomic mass is 16.2. The molecule has 0 spiro atoms. The number of carbonyl (C=O) groups excluding carboxylic acids is 2. The molecule has 0 atom stereocenters. The van der Waals surface area contributed by atoms with Crippen LogP contribution < -0.4 is 10.6 Å². The standard InChI is InChI=1S/C15H17N3O2/c1-11(2)8-15(20)18-13-5-3-4-12(9-13)10-17-14(19)6-7-16/h3-5,8-9H,6,10H2,1-2H3,(H,17,19)(H,18,20). The van der Waals surface area contributed by atoms with Crippen LogP contribution in [-0.2, 0) is 16.1 Å². The molecule has 0 unspecified atom stereocenters. The van der Waals surface area contributed by atoms with Crippen LogP contribution in [0.5, 0.6) is 0 Å². The first-order valence-electron chi connectivity index (χ1n) is 6.19. The molecular formula is C15H17N3O2. The van der Waals surface area contributed by atoms with Crippen molar-refractivity contribution >= 4 is 17.5 Å². The summed E-state index contributed by atoms with van der Waals surface area (Å²) >= 11 is 0. The third-order valence-electron chi connectivity index (χ3n) is 2.34. The summed E-state index contributed by atoms with van der Waals surface area (Å²) in [5.74, 6) is -0.498. The predicted molar refractivity (Wildman–Crippen MR) is 76.6 cm³/mol. The van der Waals surface area contributed by atoms with E-state index in [0.29, 0.717) is 12.2 Å². The van der Waals surface area contributed by atoms with Crippen molar-refractivity contribution < 1.29 is 9.59 Å². The lowest BCUT2D eigenvalue weighted by Crippen LogP contribution is -2.21. The second-order valence-corrected chi connectivity index (χ2v) is 4.52. The highest BCUT2D eigenvalue weighted by Gasteiger charge is 2.02. The molecular weight excluding hydrogens is 254 g/mol. The van der Waals surface area contributed by atoms with Gasteiger partial charge in [0.15, 0.2) is 0 Å². The first-order valence-corrected chi connectivity index (χ1v) is 6.19. The Hall–Kier alpha value is -2.61. The van der Waals surface area contributed by atoms with Crippen molar-refractivity contribution in [3.63, 3.8) is 0 Å². The number of amides is 2. The van der Waals surface area contributed by atoms with Gasteiger partial charge in [0.2, 0.25) is 11.8 Å². The molecule has 5 nitrogen and oxygen atoms in total. The van der Waals surface area contributed by atoms with Crippen molar-refractivity contribution in [2.24, 2.45) is 0 Å². The quantitative estimate of drug-likeness (QED) is 0.805. The summed E-state index contributed by atoms with van der Waals surface area (Å²) in [4.78, 5) is 22.8. The fourth-order valence-corrected chi connectivity index (χ4v) is 1.53. The SMILES string of the molecule is CC(C)=CC(=O)Nc1cccc(CNC(=O)CC#N)c1. The number of benzene rings is 1. The number of carbonyl (C=O) groups is 2. The van der Waals surface area contributed by atoms with Gasteiger partial charge in [0.05, 0.1) is 6.07 Å². The third-order valence-corrected chi connectivity index (χ3v) is 2.34. The van der Waals surface area contributed by atoms with Gasteiger partial charge in [0, 0.05) is 18.3 Å². The van der Waals surface area contributed by atoms with E-state index in [0.717, 1.165) is 11.1 Å². The summed E-state index contributed by atoms with van der Waals surface area (Å²) in [6.45, 7) is 4.02. The maximum Gasteiger partial charge on any atom is 0.248 e. The van der Waals surface area contributed by atoms with Crippen LogP contribution in [0.15, 0.2) is 35.9 Å². The zero-order chi connectivity index (χ0) is 15.0. The summed E-state index contributed by atoms with van der Waals surface area (Å²) in [5, 5.41) is 13.8. The Balaban J connectivity index is 2.62. The molecule has 1 aromatic carbocycles. The molecule has 2 N–H and O–H groups in total. The van der Waals surface area contributed by atoms with E-state index in [1.807, 2.05) is 19.9 Å². The van der Waals surface area contributed by atoms with Gasteiger partial charge in [-0.2, -0.15) is 5.26 Å². The monoisotopic (exact) mass is 271 g/mol. The molecule has 0 aliphatic heterocycles. The minimum Gasteiger partial charge on any atom is -0.351 e. The van der Waals surface area contributed by atoms with Crippen LogP contribution in [0.1, 0.15) is 25.8 Å². The Bertz CT molecular complexity index is 567. The molecule has 0 aliphatic carbocycles. The van der Waals surface area contributed by atoms with Gasteiger partial charge >= 0.3 is 0 Å². The Morgan fingerprint density at radius 3 is 2.75 bits per heavy atom. The summed E-state index contributed by atoms with van der Waals surface area (Å²) in [5.41, 5.74) is 2.44. The Morgan fingerprint density at radius 1 is 1.35 bits per heavy atom. The van der Waals surface area contributed by atoms with Crippen LogP contribution in [0.4, 0.5) is 5.69 Å². The third kappa shape index (κ3) is 5.83. The first-order chi connectivity index (χ1) is 9.51. The molecule has 1 aromatic rings. The minimum atomic E-state index is -0.313. The lowest BCUT2D eigenvalue weighted by atomic mass is 10.2. The number of hydrogen-bond acceptors (Lipinski definition) is 3. The average molecular weight is 271 g/mol. The van der Waals surface area contributed by atoms with Crippen molar-refractivity contribution in [3.05, 3.63) is 41.5 Å². The molecule has 104 valence electrons. The van der Waals surface area contributed by atoms with Gasteiger partial charge in [-0.05, 0) is 31.5 Å². The molecule has 0 aromatic heterocycles. The number of anilines is 1. The molecule has 2 amide bonds. The number of nitrogens with one attached hydrogen (secondary N) is 2. The zero-order valence-corrected chi connectivity index (χ0v) is 11.6. The molecule has 0 heterocycles. The Kier molecular flexibility index (Phi) is 5.98. The van der Waals surface area contributed by atoms with Crippen LogP contribution in [0, 0.1) is 11.3 Å². The van der Waals surface area contributed by atoms with Gasteiger partial charge in [-0.15, -0.1) is 0 Å². The molecule has 0 saturated heterocycles. The summed E-state index contributed by atoms with van der Waals surface area (Å²) in [6, 6.07) is 8.97. The van der Waals surface area contributed by atoms with Crippen molar-refractivity contribution in [1.82, 2.24) is 5.32 Å². The molecule has 0 saturated carbocycles. The molecule has 0 bridgehead atoms. The van der Waals surface area contributed by atoms with Gasteiger partial charge in [-0.3, -0.25) is 9.59 Å². The van der Waals surface area contributed by atoms with Crippen molar-refractivity contribution in [1.29, 1.82) is 5.26 Å². The Morgan fingerprint density at radius 2 is 2.10 bits per heavy atom. The number of nitriles is 1. The molecule has 0 radical (unpaired) electrons. The van der Waals surface area contributed by atoms with Crippen LogP contribution in [0.2, 0.25) is 0 Å². The number of rotatable bonds is 5. The first kappa shape index (κ1) is 15.4. The zero-order valence-electron chi connectivity index (χ0n) is 11.6. The maximum absolute atomic E-state index is 11.6. The number of nitrogens with zero attached hydrogens (tertiary/aromatic N) is 1. The van der Waals surface area contributed by atoms with E-state index >= 15 is 0 Å². The normalized spacial score (nSPS) is 9.25. The van der Waals surface area contributed by atoms with E-state index in [4.69, 9.17) is 5.26 Å². The highest BCUT2D eigenvalue weighted by Crippen LogP contribution is 2.11. The maximum atomic E-state index is 11.6. The van der Waals surface area contributed by atoms with E-state index in [2.05, 4.69) is 10.6 Å². The summed E-state index contributed by atoms with van der Waals surface area (Å²) < 4.78 is 0. The van der Waals surface area contributed by atoms with Crippen LogP contribution in [0.3, 0.4) is 0 Å². The summed E-state index contributed by atoms with van der Waals surface area (Å²) in [6.07, 6.45) is 1.36. The molecule has 0 fully saturated rings. The van der Waals surface area contributed by atoms with Crippen molar-refractivity contribution in [2.45, 2.75) is 26.8 Å². The van der Waals surface area contributed by atoms with E-state index < -0.39 is 0 Å². The minimum absolute atomic E-state index is 0.156. The van der Waals surface area contributed by atoms with E-state index in [1.54, 1.807) is 24.3 Å². The highest BCUT2D eigenvalue weighted by molar-refractivity contribution is 5.99. The second-order valence-electron chi connectivity index (χ2n) is 4.52. The van der Waals surface area contributed by atoms with Crippen LogP contribution in [-0.4, -0.2) is 11.8 Å². The number of allylic oxidation sites excluding steroid dienone is 1. The Labute approximate surface area is 118 Å². The molecule has 1 rings (SSSR count). The fraction of sp³-hybridized carbons (Fsp3) is 0.267.